The molecule has 86 valence electrons. The summed E-state index contributed by atoms with van der Waals surface area (Å²) in [6.45, 7) is 4.44. The second-order valence-electron chi connectivity index (χ2n) is 3.49. The minimum Gasteiger partial charge on any atom is -0.248 e. The summed E-state index contributed by atoms with van der Waals surface area (Å²) in [7, 11) is 0. The number of rotatable bonds is 6. The van der Waals surface area contributed by atoms with E-state index in [4.69, 9.17) is 0 Å². The van der Waals surface area contributed by atoms with Crippen molar-refractivity contribution in [2.45, 2.75) is 43.4 Å². The van der Waals surface area contributed by atoms with Crippen LogP contribution in [0, 0.1) is 0 Å². The molecule has 0 aliphatic heterocycles. The molecule has 0 saturated heterocycles. The van der Waals surface area contributed by atoms with Crippen molar-refractivity contribution in [3.05, 3.63) is 18.3 Å². The predicted octanol–water partition coefficient (Wildman–Crippen LogP) is 4.49. The van der Waals surface area contributed by atoms with Gasteiger partial charge in [-0.1, -0.05) is 20.3 Å². The molecule has 0 aliphatic rings. The number of hydrogen-bond acceptors (Lipinski definition) is 4. The number of hydrogen-bond donors (Lipinski definition) is 0. The molecule has 1 aromatic rings. The van der Waals surface area contributed by atoms with Crippen LogP contribution in [0.3, 0.4) is 0 Å². The average Bonchev–Trinajstić information content (AvgIpc) is 2.31. The molecule has 0 aromatic carbocycles. The first-order valence-corrected chi connectivity index (χ1v) is 6.79. The minimum absolute atomic E-state index is 0.664. The Labute approximate surface area is 107 Å². The molecule has 1 heterocycles. The minimum atomic E-state index is 0.664. The maximum Gasteiger partial charge on any atom is 0.0964 e. The normalized spacial score (nSPS) is 11.9. The largest absolute Gasteiger partial charge is 0.248 e. The van der Waals surface area contributed by atoms with Gasteiger partial charge in [-0.3, -0.25) is 0 Å². The van der Waals surface area contributed by atoms with Gasteiger partial charge in [0, 0.05) is 5.25 Å². The topological polar surface area (TPSA) is 25.2 Å². The predicted molar refractivity (Wildman–Crippen MR) is 73.8 cm³/mol. The van der Waals surface area contributed by atoms with Crippen LogP contribution in [0.5, 0.6) is 0 Å². The lowest BCUT2D eigenvalue weighted by Gasteiger charge is -2.12. The van der Waals surface area contributed by atoms with Gasteiger partial charge in [0.05, 0.1) is 22.1 Å². The summed E-state index contributed by atoms with van der Waals surface area (Å²) in [5, 5.41) is 4.06. The van der Waals surface area contributed by atoms with Crippen molar-refractivity contribution in [2.75, 3.05) is 0 Å². The number of nitrogens with zero attached hydrogens (tertiary/aromatic N) is 2. The van der Waals surface area contributed by atoms with E-state index in [2.05, 4.69) is 41.2 Å². The van der Waals surface area contributed by atoms with Crippen LogP contribution in [0.1, 0.15) is 33.1 Å². The molecular weight excluding hydrogens is 236 g/mol. The van der Waals surface area contributed by atoms with Gasteiger partial charge in [0.15, 0.2) is 0 Å². The highest BCUT2D eigenvalue weighted by Crippen LogP contribution is 2.27. The van der Waals surface area contributed by atoms with E-state index in [9.17, 15) is 0 Å². The maximum absolute atomic E-state index is 4.54. The molecule has 0 amide bonds. The molecule has 0 saturated carbocycles. The highest BCUT2D eigenvalue weighted by atomic mass is 32.2. The van der Waals surface area contributed by atoms with Crippen molar-refractivity contribution in [3.8, 4) is 0 Å². The average molecular weight is 252 g/mol. The Morgan fingerprint density at radius 2 is 2.31 bits per heavy atom. The molecule has 0 N–H and O–H groups in total. The lowest BCUT2D eigenvalue weighted by Crippen LogP contribution is -1.99. The number of pyridine rings is 1. The van der Waals surface area contributed by atoms with Crippen molar-refractivity contribution in [1.29, 1.82) is 0 Å². The summed E-state index contributed by atoms with van der Waals surface area (Å²) in [6, 6.07) is 3.92. The second kappa shape index (κ2) is 7.55. The molecule has 4 heteroatoms. The summed E-state index contributed by atoms with van der Waals surface area (Å²) in [5.41, 5.74) is 0.767. The van der Waals surface area contributed by atoms with E-state index in [0.717, 1.165) is 10.7 Å². The Morgan fingerprint density at radius 1 is 1.50 bits per heavy atom. The lowest BCUT2D eigenvalue weighted by atomic mass is 10.2. The van der Waals surface area contributed by atoms with Crippen LogP contribution in [0.25, 0.3) is 0 Å². The molecule has 1 rings (SSSR count). The smallest absolute Gasteiger partial charge is 0.0964 e. The summed E-state index contributed by atoms with van der Waals surface area (Å²) in [6.07, 6.45) is 5.38. The monoisotopic (exact) mass is 252 g/mol. The number of thiocarbonyl (C=S) groups is 1. The molecule has 16 heavy (non-hydrogen) atoms. The Morgan fingerprint density at radius 3 is 2.81 bits per heavy atom. The molecule has 1 unspecified atom stereocenters. The van der Waals surface area contributed by atoms with Gasteiger partial charge in [-0.05, 0) is 37.2 Å². The Bertz CT molecular complexity index is 356. The summed E-state index contributed by atoms with van der Waals surface area (Å²) in [5.74, 6) is 0. The van der Waals surface area contributed by atoms with Gasteiger partial charge in [-0.15, -0.1) is 11.8 Å². The standard InChI is InChI=1S/C12H16N2S2/c1-3-5-11(4-2)16-12-7-6-10(8-13-12)14-9-15/h6-8,11H,3-5H2,1-2H3. The Balaban J connectivity index is 2.63. The van der Waals surface area contributed by atoms with E-state index in [1.807, 2.05) is 23.9 Å². The van der Waals surface area contributed by atoms with E-state index < -0.39 is 0 Å². The van der Waals surface area contributed by atoms with Gasteiger partial charge in [0.1, 0.15) is 0 Å². The van der Waals surface area contributed by atoms with Crippen molar-refractivity contribution < 1.29 is 0 Å². The molecule has 1 atom stereocenters. The quantitative estimate of drug-likeness (QED) is 0.424. The van der Waals surface area contributed by atoms with Crippen LogP contribution < -0.4 is 0 Å². The van der Waals surface area contributed by atoms with E-state index >= 15 is 0 Å². The molecule has 0 bridgehead atoms. The van der Waals surface area contributed by atoms with Gasteiger partial charge in [0.25, 0.3) is 0 Å². The van der Waals surface area contributed by atoms with Crippen molar-refractivity contribution in [2.24, 2.45) is 4.99 Å². The highest BCUT2D eigenvalue weighted by molar-refractivity contribution is 7.99. The Hall–Kier alpha value is -0.700. The maximum atomic E-state index is 4.54. The molecule has 0 radical (unpaired) electrons. The first-order chi connectivity index (χ1) is 7.80. The van der Waals surface area contributed by atoms with Crippen LogP contribution in [-0.4, -0.2) is 15.4 Å². The van der Waals surface area contributed by atoms with Gasteiger partial charge >= 0.3 is 0 Å². The molecular formula is C12H16N2S2. The van der Waals surface area contributed by atoms with E-state index in [-0.39, 0.29) is 0 Å². The van der Waals surface area contributed by atoms with Crippen molar-refractivity contribution >= 4 is 34.8 Å². The van der Waals surface area contributed by atoms with Gasteiger partial charge < -0.3 is 0 Å². The zero-order valence-electron chi connectivity index (χ0n) is 9.64. The zero-order chi connectivity index (χ0) is 11.8. The zero-order valence-corrected chi connectivity index (χ0v) is 11.3. The number of isothiocyanates is 1. The van der Waals surface area contributed by atoms with Crippen LogP contribution in [0.2, 0.25) is 0 Å². The number of aromatic nitrogens is 1. The Kier molecular flexibility index (Phi) is 6.31. The number of aliphatic imine (C=N–C) groups is 1. The lowest BCUT2D eigenvalue weighted by molar-refractivity contribution is 0.718. The summed E-state index contributed by atoms with van der Waals surface area (Å²) >= 11 is 6.38. The van der Waals surface area contributed by atoms with Crippen molar-refractivity contribution in [3.63, 3.8) is 0 Å². The van der Waals surface area contributed by atoms with Crippen LogP contribution in [-0.2, 0) is 0 Å². The summed E-state index contributed by atoms with van der Waals surface area (Å²) in [4.78, 5) is 8.23. The van der Waals surface area contributed by atoms with E-state index in [1.165, 1.54) is 19.3 Å². The van der Waals surface area contributed by atoms with Crippen LogP contribution in [0.4, 0.5) is 5.69 Å². The molecule has 1 aromatic heterocycles. The van der Waals surface area contributed by atoms with Crippen LogP contribution in [0.15, 0.2) is 28.3 Å². The molecule has 0 aliphatic carbocycles. The van der Waals surface area contributed by atoms with Gasteiger partial charge in [0.2, 0.25) is 0 Å². The van der Waals surface area contributed by atoms with E-state index in [0.29, 0.717) is 5.25 Å². The fraction of sp³-hybridized carbons (Fsp3) is 0.500. The number of thioether (sulfide) groups is 1. The molecule has 0 fully saturated rings. The third-order valence-corrected chi connectivity index (χ3v) is 3.73. The fourth-order valence-electron chi connectivity index (χ4n) is 1.40. The first-order valence-electron chi connectivity index (χ1n) is 5.50. The van der Waals surface area contributed by atoms with Gasteiger partial charge in [-0.25, -0.2) is 4.98 Å². The molecule has 2 nitrogen and oxygen atoms in total. The first kappa shape index (κ1) is 13.4. The highest BCUT2D eigenvalue weighted by Gasteiger charge is 2.07. The second-order valence-corrected chi connectivity index (χ2v) is 5.00. The SMILES string of the molecule is CCCC(CC)Sc1ccc(N=C=S)cn1. The third kappa shape index (κ3) is 4.44. The summed E-state index contributed by atoms with van der Waals surface area (Å²) < 4.78 is 0. The van der Waals surface area contributed by atoms with Gasteiger partial charge in [-0.2, -0.15) is 4.99 Å². The van der Waals surface area contributed by atoms with E-state index in [1.54, 1.807) is 6.20 Å². The third-order valence-electron chi connectivity index (χ3n) is 2.25. The molecule has 0 spiro atoms. The fourth-order valence-corrected chi connectivity index (χ4v) is 2.63. The van der Waals surface area contributed by atoms with Crippen molar-refractivity contribution in [1.82, 2.24) is 4.98 Å². The van der Waals surface area contributed by atoms with Crippen LogP contribution >= 0.6 is 24.0 Å².